The molecule has 1 aromatic carbocycles. The molecule has 1 aliphatic carbocycles. The number of aromatic nitrogens is 2. The van der Waals surface area contributed by atoms with Crippen LogP contribution >= 0.6 is 0 Å². The summed E-state index contributed by atoms with van der Waals surface area (Å²) in [5.74, 6) is 2.20. The van der Waals surface area contributed by atoms with Crippen LogP contribution < -0.4 is 32.5 Å². The molecule has 12 heteroatoms. The molecule has 4 heterocycles. The normalized spacial score (nSPS) is 22.1. The van der Waals surface area contributed by atoms with Crippen molar-refractivity contribution in [1.82, 2.24) is 24.7 Å². The third kappa shape index (κ3) is 6.50. The van der Waals surface area contributed by atoms with Crippen LogP contribution in [0.4, 0.5) is 11.5 Å². The molecule has 232 valence electrons. The summed E-state index contributed by atoms with van der Waals surface area (Å²) < 4.78 is 8.01. The minimum atomic E-state index is -0.662. The molecule has 6 rings (SSSR count). The Morgan fingerprint density at radius 2 is 1.88 bits per heavy atom. The van der Waals surface area contributed by atoms with Gasteiger partial charge in [-0.05, 0) is 88.1 Å². The Morgan fingerprint density at radius 1 is 1.09 bits per heavy atom. The number of hydrogen-bond donors (Lipinski definition) is 5. The van der Waals surface area contributed by atoms with Crippen molar-refractivity contribution in [3.63, 3.8) is 0 Å². The first-order valence-electron chi connectivity index (χ1n) is 15.9. The van der Waals surface area contributed by atoms with Crippen LogP contribution in [0, 0.1) is 5.41 Å². The second-order valence-electron chi connectivity index (χ2n) is 12.7. The Morgan fingerprint density at radius 3 is 2.65 bits per heavy atom. The Kier molecular flexibility index (Phi) is 8.58. The third-order valence-electron chi connectivity index (χ3n) is 9.72. The minimum absolute atomic E-state index is 0.00442. The van der Waals surface area contributed by atoms with Crippen LogP contribution in [0.1, 0.15) is 81.7 Å². The van der Waals surface area contributed by atoms with E-state index in [1.54, 1.807) is 4.57 Å². The molecule has 4 aliphatic rings. The van der Waals surface area contributed by atoms with Crippen LogP contribution in [0.15, 0.2) is 29.2 Å². The predicted octanol–water partition coefficient (Wildman–Crippen LogP) is 2.97. The van der Waals surface area contributed by atoms with E-state index in [2.05, 4.69) is 32.7 Å². The topological polar surface area (TPSA) is 168 Å². The zero-order valence-electron chi connectivity index (χ0n) is 24.9. The number of ether oxygens (including phenoxy) is 1. The van der Waals surface area contributed by atoms with Crippen molar-refractivity contribution in [3.05, 3.63) is 40.4 Å². The zero-order valence-corrected chi connectivity index (χ0v) is 24.9. The Labute approximate surface area is 252 Å². The van der Waals surface area contributed by atoms with Gasteiger partial charge in [0.05, 0.1) is 17.4 Å². The number of piperidine rings is 1. The van der Waals surface area contributed by atoms with Crippen LogP contribution in [-0.2, 0) is 4.79 Å². The van der Waals surface area contributed by atoms with E-state index in [1.165, 1.54) is 5.56 Å². The summed E-state index contributed by atoms with van der Waals surface area (Å²) in [5, 5.41) is 13.5. The van der Waals surface area contributed by atoms with E-state index in [1.807, 2.05) is 17.2 Å². The van der Waals surface area contributed by atoms with Gasteiger partial charge in [-0.3, -0.25) is 14.8 Å². The fourth-order valence-corrected chi connectivity index (χ4v) is 7.23. The van der Waals surface area contributed by atoms with Crippen molar-refractivity contribution in [2.24, 2.45) is 11.5 Å². The van der Waals surface area contributed by atoms with Gasteiger partial charge in [0.2, 0.25) is 5.91 Å². The van der Waals surface area contributed by atoms with Gasteiger partial charge >= 0.3 is 5.69 Å². The van der Waals surface area contributed by atoms with Crippen LogP contribution in [0.3, 0.4) is 0 Å². The first-order valence-corrected chi connectivity index (χ1v) is 15.9. The molecule has 1 atom stereocenters. The maximum Gasteiger partial charge on any atom is 0.350 e. The fraction of sp³-hybridized carbons (Fsp3) is 0.613. The number of hydrogen-bond acceptors (Lipinski definition) is 8. The second-order valence-corrected chi connectivity index (χ2v) is 12.7. The van der Waals surface area contributed by atoms with Crippen molar-refractivity contribution in [3.8, 4) is 11.5 Å². The Balaban J connectivity index is 1.07. The largest absolute Gasteiger partial charge is 0.450 e. The lowest BCUT2D eigenvalue weighted by molar-refractivity contribution is -0.137. The monoisotopic (exact) mass is 591 g/mol. The van der Waals surface area contributed by atoms with E-state index < -0.39 is 5.54 Å². The average Bonchev–Trinajstić information content (AvgIpc) is 3.32. The number of anilines is 2. The van der Waals surface area contributed by atoms with Gasteiger partial charge in [-0.1, -0.05) is 18.9 Å². The fourth-order valence-electron chi connectivity index (χ4n) is 7.23. The first-order chi connectivity index (χ1) is 20.8. The summed E-state index contributed by atoms with van der Waals surface area (Å²) in [6, 6.07) is 6.27. The maximum atomic E-state index is 13.2. The molecule has 0 radical (unpaired) electrons. The summed E-state index contributed by atoms with van der Waals surface area (Å²) >= 11 is 0. The molecule has 1 aromatic heterocycles. The lowest BCUT2D eigenvalue weighted by Gasteiger charge is -2.37. The maximum absolute atomic E-state index is 13.2. The second kappa shape index (κ2) is 12.5. The van der Waals surface area contributed by atoms with Crippen LogP contribution in [-0.4, -0.2) is 76.0 Å². The molecule has 0 bridgehead atoms. The molecule has 1 saturated carbocycles. The van der Waals surface area contributed by atoms with E-state index in [9.17, 15) is 9.59 Å². The standard InChI is InChI=1S/C31H45N9O3/c32-29(33)35-13-4-15-38-14-3-5-23(10-16-38)40-20-26-27(37-30(40)42)36-24-19-22(6-7-25(24)43-26)21-8-17-39(18-9-21)28(41)31(34)11-1-2-12-31/h6-7,19-21,23H,1-5,8-18,34H2,(H4,32,33,35)(H,36,37,42). The number of nitrogens with zero attached hydrogens (tertiary/aromatic N) is 4. The predicted molar refractivity (Wildman–Crippen MR) is 166 cm³/mol. The number of benzene rings is 1. The molecular weight excluding hydrogens is 546 g/mol. The molecule has 2 saturated heterocycles. The number of fused-ring (bicyclic) bond motifs is 2. The van der Waals surface area contributed by atoms with E-state index in [-0.39, 0.29) is 23.6 Å². The molecule has 1 amide bonds. The Bertz CT molecular complexity index is 1400. The van der Waals surface area contributed by atoms with Crippen molar-refractivity contribution in [1.29, 1.82) is 5.41 Å². The van der Waals surface area contributed by atoms with E-state index in [4.69, 9.17) is 21.6 Å². The number of likely N-dealkylation sites (tertiary alicyclic amines) is 2. The first kappa shape index (κ1) is 29.4. The number of nitrogens with two attached hydrogens (primary N) is 2. The number of amides is 1. The lowest BCUT2D eigenvalue weighted by Crippen LogP contribution is -2.55. The van der Waals surface area contributed by atoms with Crippen LogP contribution in [0.2, 0.25) is 0 Å². The van der Waals surface area contributed by atoms with E-state index in [0.717, 1.165) is 103 Å². The summed E-state index contributed by atoms with van der Waals surface area (Å²) in [4.78, 5) is 35.0. The lowest BCUT2D eigenvalue weighted by atomic mass is 9.87. The van der Waals surface area contributed by atoms with Gasteiger partial charge < -0.3 is 36.6 Å². The highest BCUT2D eigenvalue weighted by molar-refractivity contribution is 5.86. The van der Waals surface area contributed by atoms with Gasteiger partial charge in [0.1, 0.15) is 0 Å². The van der Waals surface area contributed by atoms with E-state index >= 15 is 0 Å². The summed E-state index contributed by atoms with van der Waals surface area (Å²) in [5.41, 5.74) is 12.9. The smallest absolute Gasteiger partial charge is 0.350 e. The van der Waals surface area contributed by atoms with Crippen molar-refractivity contribution in [2.75, 3.05) is 44.6 Å². The van der Waals surface area contributed by atoms with Gasteiger partial charge in [0, 0.05) is 32.2 Å². The highest BCUT2D eigenvalue weighted by atomic mass is 16.5. The number of rotatable bonds is 7. The van der Waals surface area contributed by atoms with Crippen molar-refractivity contribution < 1.29 is 9.53 Å². The third-order valence-corrected chi connectivity index (χ3v) is 9.72. The summed E-state index contributed by atoms with van der Waals surface area (Å²) in [6.07, 6.45) is 11.0. The van der Waals surface area contributed by atoms with Gasteiger partial charge in [-0.15, -0.1) is 0 Å². The molecule has 0 spiro atoms. The highest BCUT2D eigenvalue weighted by Gasteiger charge is 2.41. The molecule has 43 heavy (non-hydrogen) atoms. The number of carbonyl (C=O) groups excluding carboxylic acids is 1. The van der Waals surface area contributed by atoms with Gasteiger partial charge in [-0.2, -0.15) is 4.98 Å². The molecular formula is C31H45N9O3. The Hall–Kier alpha value is -3.64. The number of guanidine groups is 1. The number of carbonyl (C=O) groups is 1. The molecule has 1 unspecified atom stereocenters. The van der Waals surface area contributed by atoms with Gasteiger partial charge in [-0.25, -0.2) is 4.79 Å². The average molecular weight is 592 g/mol. The molecule has 12 nitrogen and oxygen atoms in total. The van der Waals surface area contributed by atoms with Gasteiger partial charge in [0.15, 0.2) is 23.3 Å². The summed E-state index contributed by atoms with van der Waals surface area (Å²) in [7, 11) is 0. The molecule has 3 fully saturated rings. The van der Waals surface area contributed by atoms with Gasteiger partial charge in [0.25, 0.3) is 0 Å². The van der Waals surface area contributed by atoms with Crippen molar-refractivity contribution in [2.45, 2.75) is 81.7 Å². The summed E-state index contributed by atoms with van der Waals surface area (Å²) in [6.45, 7) is 4.96. The molecule has 2 aromatic rings. The van der Waals surface area contributed by atoms with Crippen LogP contribution in [0.5, 0.6) is 11.5 Å². The van der Waals surface area contributed by atoms with Crippen molar-refractivity contribution >= 4 is 23.4 Å². The van der Waals surface area contributed by atoms with E-state index in [0.29, 0.717) is 29.8 Å². The van der Waals surface area contributed by atoms with Crippen LogP contribution in [0.25, 0.3) is 0 Å². The zero-order chi connectivity index (χ0) is 30.0. The quantitative estimate of drug-likeness (QED) is 0.158. The number of nitrogens with one attached hydrogen (secondary N) is 3. The molecule has 7 N–H and O–H groups in total. The molecule has 3 aliphatic heterocycles. The minimum Gasteiger partial charge on any atom is -0.450 e. The SMILES string of the molecule is N=C(N)NCCCN1CCCC(n2cc3c(nc2=O)Nc2cc(C4CCN(C(=O)C5(N)CCCC5)CC4)ccc2O3)CC1. The highest BCUT2D eigenvalue weighted by Crippen LogP contribution is 2.43.